The first-order valence-electron chi connectivity index (χ1n) is 6.21. The van der Waals surface area contributed by atoms with Gasteiger partial charge in [-0.25, -0.2) is 0 Å². The van der Waals surface area contributed by atoms with E-state index in [0.717, 1.165) is 18.8 Å². The zero-order valence-corrected chi connectivity index (χ0v) is 10.1. The highest BCUT2D eigenvalue weighted by Gasteiger charge is 2.26. The van der Waals surface area contributed by atoms with Gasteiger partial charge < -0.3 is 5.11 Å². The maximum Gasteiger partial charge on any atom is 0.303 e. The van der Waals surface area contributed by atoms with Gasteiger partial charge >= 0.3 is 5.97 Å². The van der Waals surface area contributed by atoms with Crippen molar-refractivity contribution in [2.75, 3.05) is 0 Å². The van der Waals surface area contributed by atoms with E-state index in [2.05, 4.69) is 13.8 Å². The molecule has 1 saturated carbocycles. The van der Waals surface area contributed by atoms with Gasteiger partial charge in [0, 0.05) is 6.42 Å². The quantitative estimate of drug-likeness (QED) is 0.703. The van der Waals surface area contributed by atoms with Crippen molar-refractivity contribution in [2.45, 2.75) is 65.2 Å². The largest absolute Gasteiger partial charge is 0.481 e. The molecule has 0 heterocycles. The van der Waals surface area contributed by atoms with Crippen LogP contribution < -0.4 is 0 Å². The second kappa shape index (κ2) is 5.53. The summed E-state index contributed by atoms with van der Waals surface area (Å²) >= 11 is 0. The van der Waals surface area contributed by atoms with Crippen LogP contribution >= 0.6 is 0 Å². The van der Waals surface area contributed by atoms with Crippen molar-refractivity contribution in [1.29, 1.82) is 0 Å². The SMILES string of the molecule is CC1(C)CCC(CCCCC(=O)O)CC1. The lowest BCUT2D eigenvalue weighted by atomic mass is 9.72. The predicted octanol–water partition coefficient (Wildman–Crippen LogP) is 3.85. The molecule has 1 N–H and O–H groups in total. The van der Waals surface area contributed by atoms with Gasteiger partial charge in [0.05, 0.1) is 0 Å². The monoisotopic (exact) mass is 212 g/mol. The Morgan fingerprint density at radius 1 is 1.27 bits per heavy atom. The van der Waals surface area contributed by atoms with Crippen LogP contribution in [0.5, 0.6) is 0 Å². The average Bonchev–Trinajstić information content (AvgIpc) is 2.14. The van der Waals surface area contributed by atoms with Gasteiger partial charge in [-0.1, -0.05) is 26.7 Å². The number of unbranched alkanes of at least 4 members (excludes halogenated alkanes) is 1. The number of aliphatic carboxylic acids is 1. The van der Waals surface area contributed by atoms with Gasteiger partial charge in [0.1, 0.15) is 0 Å². The Kier molecular flexibility index (Phi) is 4.62. The zero-order chi connectivity index (χ0) is 11.3. The van der Waals surface area contributed by atoms with E-state index in [-0.39, 0.29) is 0 Å². The van der Waals surface area contributed by atoms with Gasteiger partial charge in [-0.15, -0.1) is 0 Å². The second-order valence-electron chi connectivity index (χ2n) is 5.75. The van der Waals surface area contributed by atoms with Crippen LogP contribution in [0.25, 0.3) is 0 Å². The average molecular weight is 212 g/mol. The molecule has 1 aliphatic rings. The van der Waals surface area contributed by atoms with Crippen LogP contribution in [0, 0.1) is 11.3 Å². The summed E-state index contributed by atoms with van der Waals surface area (Å²) in [5.74, 6) is 0.214. The molecule has 0 saturated heterocycles. The zero-order valence-electron chi connectivity index (χ0n) is 10.1. The minimum atomic E-state index is -0.653. The molecule has 0 aromatic rings. The molecule has 15 heavy (non-hydrogen) atoms. The number of rotatable bonds is 5. The molecule has 88 valence electrons. The van der Waals surface area contributed by atoms with Crippen molar-refractivity contribution < 1.29 is 9.90 Å². The van der Waals surface area contributed by atoms with E-state index in [1.165, 1.54) is 32.1 Å². The van der Waals surface area contributed by atoms with Crippen molar-refractivity contribution in [3.63, 3.8) is 0 Å². The van der Waals surface area contributed by atoms with E-state index in [9.17, 15) is 4.79 Å². The predicted molar refractivity (Wildman–Crippen MR) is 61.8 cm³/mol. The molecule has 0 bridgehead atoms. The fourth-order valence-corrected chi connectivity index (χ4v) is 2.46. The summed E-state index contributed by atoms with van der Waals surface area (Å²) in [7, 11) is 0. The molecule has 2 nitrogen and oxygen atoms in total. The first-order chi connectivity index (χ1) is 6.99. The minimum absolute atomic E-state index is 0.345. The van der Waals surface area contributed by atoms with Crippen molar-refractivity contribution >= 4 is 5.97 Å². The molecule has 0 radical (unpaired) electrons. The Morgan fingerprint density at radius 2 is 1.87 bits per heavy atom. The third-order valence-electron chi connectivity index (χ3n) is 3.71. The molecule has 2 heteroatoms. The smallest absolute Gasteiger partial charge is 0.303 e. The van der Waals surface area contributed by atoms with Crippen LogP contribution in [-0.4, -0.2) is 11.1 Å². The highest BCUT2D eigenvalue weighted by molar-refractivity contribution is 5.66. The van der Waals surface area contributed by atoms with Crippen LogP contribution in [0.15, 0.2) is 0 Å². The Morgan fingerprint density at radius 3 is 2.40 bits per heavy atom. The lowest BCUT2D eigenvalue weighted by Crippen LogP contribution is -2.21. The van der Waals surface area contributed by atoms with Gasteiger partial charge in [0.15, 0.2) is 0 Å². The van der Waals surface area contributed by atoms with Gasteiger partial charge in [-0.3, -0.25) is 4.79 Å². The first kappa shape index (κ1) is 12.5. The maximum absolute atomic E-state index is 10.3. The van der Waals surface area contributed by atoms with Gasteiger partial charge in [-0.2, -0.15) is 0 Å². The molecule has 0 amide bonds. The fraction of sp³-hybridized carbons (Fsp3) is 0.923. The van der Waals surface area contributed by atoms with Crippen molar-refractivity contribution in [3.05, 3.63) is 0 Å². The number of carboxylic acid groups (broad SMARTS) is 1. The van der Waals surface area contributed by atoms with Gasteiger partial charge in [0.2, 0.25) is 0 Å². The molecule has 0 aliphatic heterocycles. The van der Waals surface area contributed by atoms with E-state index >= 15 is 0 Å². The third kappa shape index (κ3) is 5.19. The Bertz CT molecular complexity index is 199. The lowest BCUT2D eigenvalue weighted by molar-refractivity contribution is -0.137. The summed E-state index contributed by atoms with van der Waals surface area (Å²) in [6, 6.07) is 0. The van der Waals surface area contributed by atoms with E-state index in [1.54, 1.807) is 0 Å². The second-order valence-corrected chi connectivity index (χ2v) is 5.75. The lowest BCUT2D eigenvalue weighted by Gasteiger charge is -2.34. The molecule has 0 atom stereocenters. The standard InChI is InChI=1S/C13H24O2/c1-13(2)9-7-11(8-10-13)5-3-4-6-12(14)15/h11H,3-10H2,1-2H3,(H,14,15). The van der Waals surface area contributed by atoms with E-state index < -0.39 is 5.97 Å². The Hall–Kier alpha value is -0.530. The normalized spacial score (nSPS) is 21.5. The highest BCUT2D eigenvalue weighted by Crippen LogP contribution is 2.39. The molecule has 0 aromatic heterocycles. The third-order valence-corrected chi connectivity index (χ3v) is 3.71. The number of carbonyl (C=O) groups is 1. The van der Waals surface area contributed by atoms with E-state index in [1.807, 2.05) is 0 Å². The maximum atomic E-state index is 10.3. The summed E-state index contributed by atoms with van der Waals surface area (Å²) in [5, 5.41) is 8.52. The van der Waals surface area contributed by atoms with Gasteiger partial charge in [-0.05, 0) is 43.4 Å². The van der Waals surface area contributed by atoms with Crippen molar-refractivity contribution in [1.82, 2.24) is 0 Å². The summed E-state index contributed by atoms with van der Waals surface area (Å²) < 4.78 is 0. The number of hydrogen-bond acceptors (Lipinski definition) is 1. The summed E-state index contributed by atoms with van der Waals surface area (Å²) in [6.07, 6.45) is 8.92. The topological polar surface area (TPSA) is 37.3 Å². The van der Waals surface area contributed by atoms with Crippen LogP contribution in [0.3, 0.4) is 0 Å². The minimum Gasteiger partial charge on any atom is -0.481 e. The molecule has 0 unspecified atom stereocenters. The van der Waals surface area contributed by atoms with Crippen LogP contribution in [-0.2, 0) is 4.79 Å². The summed E-state index contributed by atoms with van der Waals surface area (Å²) in [4.78, 5) is 10.3. The molecular formula is C13H24O2. The van der Waals surface area contributed by atoms with E-state index in [4.69, 9.17) is 5.11 Å². The first-order valence-corrected chi connectivity index (χ1v) is 6.21. The van der Waals surface area contributed by atoms with Gasteiger partial charge in [0.25, 0.3) is 0 Å². The molecule has 1 aliphatic carbocycles. The van der Waals surface area contributed by atoms with Crippen LogP contribution in [0.4, 0.5) is 0 Å². The Balaban J connectivity index is 2.06. The molecule has 0 aromatic carbocycles. The molecular weight excluding hydrogens is 188 g/mol. The Labute approximate surface area is 93.1 Å². The fourth-order valence-electron chi connectivity index (χ4n) is 2.46. The molecule has 1 rings (SSSR count). The number of hydrogen-bond donors (Lipinski definition) is 1. The van der Waals surface area contributed by atoms with Crippen LogP contribution in [0.2, 0.25) is 0 Å². The summed E-state index contributed by atoms with van der Waals surface area (Å²) in [5.41, 5.74) is 0.553. The summed E-state index contributed by atoms with van der Waals surface area (Å²) in [6.45, 7) is 4.71. The molecule has 1 fully saturated rings. The van der Waals surface area contributed by atoms with Crippen LogP contribution in [0.1, 0.15) is 65.2 Å². The van der Waals surface area contributed by atoms with E-state index in [0.29, 0.717) is 11.8 Å². The molecule has 0 spiro atoms. The van der Waals surface area contributed by atoms with Crippen molar-refractivity contribution in [3.8, 4) is 0 Å². The number of carboxylic acids is 1. The highest BCUT2D eigenvalue weighted by atomic mass is 16.4. The van der Waals surface area contributed by atoms with Crippen molar-refractivity contribution in [2.24, 2.45) is 11.3 Å².